The zero-order valence-electron chi connectivity index (χ0n) is 19.1. The second kappa shape index (κ2) is 9.77. The van der Waals surface area contributed by atoms with Gasteiger partial charge in [-0.2, -0.15) is 0 Å². The van der Waals surface area contributed by atoms with E-state index in [-0.39, 0.29) is 11.0 Å². The minimum Gasteiger partial charge on any atom is -0.436 e. The van der Waals surface area contributed by atoms with Crippen molar-refractivity contribution in [3.8, 4) is 11.5 Å². The van der Waals surface area contributed by atoms with Gasteiger partial charge in [-0.1, -0.05) is 49.7 Å². The molecule has 1 amide bonds. The van der Waals surface area contributed by atoms with Gasteiger partial charge >= 0.3 is 0 Å². The number of nitrogens with zero attached hydrogens (tertiary/aromatic N) is 1. The molecule has 3 aromatic carbocycles. The Labute approximate surface area is 217 Å². The summed E-state index contributed by atoms with van der Waals surface area (Å²) in [5.74, 6) is 0.695. The largest absolute Gasteiger partial charge is 0.436 e. The standard InChI is InChI=1S/C27H22ClN3O2S2/c1-3-15(2)17-10-13-21-20(14-17)30-26(33-21)16-8-11-18(12-9-16)29-27(34)31-25(32)24-23(28)19-6-4-5-7-22(19)35-24/h4-15H,3H2,1-2H3,(H2,29,31,32,34). The number of thiophene rings is 1. The van der Waals surface area contributed by atoms with Gasteiger partial charge in [-0.05, 0) is 72.6 Å². The predicted octanol–water partition coefficient (Wildman–Crippen LogP) is 8.00. The fourth-order valence-corrected chi connectivity index (χ4v) is 5.41. The third-order valence-electron chi connectivity index (χ3n) is 5.95. The van der Waals surface area contributed by atoms with Gasteiger partial charge in [0.05, 0.1) is 5.02 Å². The lowest BCUT2D eigenvalue weighted by Crippen LogP contribution is -2.33. The lowest BCUT2D eigenvalue weighted by Gasteiger charge is -2.09. The number of nitrogens with one attached hydrogen (secondary N) is 2. The number of rotatable bonds is 5. The first-order valence-corrected chi connectivity index (χ1v) is 12.8. The number of anilines is 1. The molecule has 5 rings (SSSR count). The number of carbonyl (C=O) groups is 1. The summed E-state index contributed by atoms with van der Waals surface area (Å²) in [7, 11) is 0. The lowest BCUT2D eigenvalue weighted by atomic mass is 9.98. The number of benzene rings is 3. The molecule has 0 aliphatic carbocycles. The number of thiocarbonyl (C=S) groups is 1. The van der Waals surface area contributed by atoms with Gasteiger partial charge in [0.1, 0.15) is 10.4 Å². The zero-order chi connectivity index (χ0) is 24.5. The number of amides is 1. The van der Waals surface area contributed by atoms with Crippen molar-refractivity contribution in [3.05, 3.63) is 82.2 Å². The summed E-state index contributed by atoms with van der Waals surface area (Å²) in [5.41, 5.74) is 4.45. The summed E-state index contributed by atoms with van der Waals surface area (Å²) < 4.78 is 6.91. The molecule has 5 aromatic rings. The smallest absolute Gasteiger partial charge is 0.269 e. The van der Waals surface area contributed by atoms with E-state index in [4.69, 9.17) is 28.2 Å². The topological polar surface area (TPSA) is 67.2 Å². The summed E-state index contributed by atoms with van der Waals surface area (Å²) >= 11 is 13.1. The Balaban J connectivity index is 1.27. The highest BCUT2D eigenvalue weighted by molar-refractivity contribution is 7.80. The molecule has 0 fully saturated rings. The Kier molecular flexibility index (Phi) is 6.56. The van der Waals surface area contributed by atoms with Crippen LogP contribution in [0.2, 0.25) is 5.02 Å². The minimum absolute atomic E-state index is 0.190. The van der Waals surface area contributed by atoms with Crippen molar-refractivity contribution in [2.45, 2.75) is 26.2 Å². The van der Waals surface area contributed by atoms with Crippen molar-refractivity contribution in [2.24, 2.45) is 0 Å². The molecule has 2 aromatic heterocycles. The monoisotopic (exact) mass is 519 g/mol. The number of halogens is 1. The van der Waals surface area contributed by atoms with Crippen LogP contribution < -0.4 is 10.6 Å². The first kappa shape index (κ1) is 23.5. The van der Waals surface area contributed by atoms with Gasteiger partial charge in [0, 0.05) is 21.3 Å². The van der Waals surface area contributed by atoms with Crippen LogP contribution >= 0.6 is 35.2 Å². The molecule has 0 radical (unpaired) electrons. The molecule has 0 saturated carbocycles. The third kappa shape index (κ3) is 4.80. The van der Waals surface area contributed by atoms with Gasteiger partial charge in [-0.25, -0.2) is 4.98 Å². The van der Waals surface area contributed by atoms with Crippen molar-refractivity contribution in [2.75, 3.05) is 5.32 Å². The van der Waals surface area contributed by atoms with Crippen LogP contribution in [0.25, 0.3) is 32.6 Å². The van der Waals surface area contributed by atoms with Gasteiger partial charge in [0.15, 0.2) is 10.7 Å². The Morgan fingerprint density at radius 2 is 1.91 bits per heavy atom. The molecular formula is C27H22ClN3O2S2. The second-order valence-electron chi connectivity index (χ2n) is 8.28. The SMILES string of the molecule is CCC(C)c1ccc2oc(-c3ccc(NC(=S)NC(=O)c4sc5ccccc5c4Cl)cc3)nc2c1. The van der Waals surface area contributed by atoms with Crippen LogP contribution in [0.4, 0.5) is 5.69 Å². The summed E-state index contributed by atoms with van der Waals surface area (Å²) in [6.07, 6.45) is 1.07. The molecular weight excluding hydrogens is 498 g/mol. The van der Waals surface area contributed by atoms with E-state index in [1.165, 1.54) is 16.9 Å². The molecule has 176 valence electrons. The van der Waals surface area contributed by atoms with E-state index in [9.17, 15) is 4.79 Å². The maximum absolute atomic E-state index is 12.7. The van der Waals surface area contributed by atoms with E-state index in [0.717, 1.165) is 38.9 Å². The zero-order valence-corrected chi connectivity index (χ0v) is 21.5. The van der Waals surface area contributed by atoms with Crippen LogP contribution in [0.3, 0.4) is 0 Å². The van der Waals surface area contributed by atoms with E-state index in [0.29, 0.717) is 21.7 Å². The molecule has 2 heterocycles. The van der Waals surface area contributed by atoms with Crippen LogP contribution in [-0.2, 0) is 0 Å². The van der Waals surface area contributed by atoms with Crippen molar-refractivity contribution >= 4 is 73.0 Å². The van der Waals surface area contributed by atoms with E-state index in [1.54, 1.807) is 0 Å². The van der Waals surface area contributed by atoms with Crippen LogP contribution in [0.1, 0.15) is 41.4 Å². The van der Waals surface area contributed by atoms with E-state index < -0.39 is 0 Å². The predicted molar refractivity (Wildman–Crippen MR) is 149 cm³/mol. The second-order valence-corrected chi connectivity index (χ2v) is 10.1. The van der Waals surface area contributed by atoms with E-state index in [2.05, 4.69) is 41.6 Å². The average molecular weight is 520 g/mol. The lowest BCUT2D eigenvalue weighted by molar-refractivity contribution is 0.0982. The number of carbonyl (C=O) groups excluding carboxylic acids is 1. The molecule has 1 unspecified atom stereocenters. The summed E-state index contributed by atoms with van der Waals surface area (Å²) in [4.78, 5) is 17.8. The summed E-state index contributed by atoms with van der Waals surface area (Å²) in [5, 5.41) is 7.22. The molecule has 0 bridgehead atoms. The Morgan fingerprint density at radius 3 is 2.66 bits per heavy atom. The normalized spacial score (nSPS) is 12.1. The van der Waals surface area contributed by atoms with Crippen LogP contribution in [0.5, 0.6) is 0 Å². The number of hydrogen-bond donors (Lipinski definition) is 2. The number of fused-ring (bicyclic) bond motifs is 2. The average Bonchev–Trinajstić information content (AvgIpc) is 3.45. The van der Waals surface area contributed by atoms with Crippen LogP contribution in [-0.4, -0.2) is 16.0 Å². The first-order chi connectivity index (χ1) is 16.9. The van der Waals surface area contributed by atoms with E-state index in [1.807, 2.05) is 54.6 Å². The first-order valence-electron chi connectivity index (χ1n) is 11.2. The maximum atomic E-state index is 12.7. The molecule has 0 saturated heterocycles. The Morgan fingerprint density at radius 1 is 1.14 bits per heavy atom. The van der Waals surface area contributed by atoms with E-state index >= 15 is 0 Å². The highest BCUT2D eigenvalue weighted by atomic mass is 35.5. The highest BCUT2D eigenvalue weighted by Gasteiger charge is 2.18. The van der Waals surface area contributed by atoms with Gasteiger partial charge < -0.3 is 9.73 Å². The molecule has 0 aliphatic heterocycles. The summed E-state index contributed by atoms with van der Waals surface area (Å²) in [6.45, 7) is 4.38. The highest BCUT2D eigenvalue weighted by Crippen LogP contribution is 2.35. The third-order valence-corrected chi connectivity index (χ3v) is 7.83. The van der Waals surface area contributed by atoms with Crippen molar-refractivity contribution in [3.63, 3.8) is 0 Å². The van der Waals surface area contributed by atoms with Crippen molar-refractivity contribution in [1.82, 2.24) is 10.3 Å². The van der Waals surface area contributed by atoms with Gasteiger partial charge in [-0.15, -0.1) is 11.3 Å². The fraction of sp³-hybridized carbons (Fsp3) is 0.148. The van der Waals surface area contributed by atoms with Gasteiger partial charge in [0.2, 0.25) is 5.89 Å². The van der Waals surface area contributed by atoms with Gasteiger partial charge in [0.25, 0.3) is 5.91 Å². The van der Waals surface area contributed by atoms with Crippen LogP contribution in [0, 0.1) is 0 Å². The van der Waals surface area contributed by atoms with Crippen LogP contribution in [0.15, 0.2) is 71.1 Å². The minimum atomic E-state index is -0.339. The Hall–Kier alpha value is -3.26. The van der Waals surface area contributed by atoms with Crippen molar-refractivity contribution in [1.29, 1.82) is 0 Å². The van der Waals surface area contributed by atoms with Crippen molar-refractivity contribution < 1.29 is 9.21 Å². The summed E-state index contributed by atoms with van der Waals surface area (Å²) in [6, 6.07) is 21.3. The molecule has 1 atom stereocenters. The Bertz CT molecular complexity index is 1560. The molecule has 0 aliphatic rings. The molecule has 2 N–H and O–H groups in total. The number of aromatic nitrogens is 1. The number of oxazole rings is 1. The van der Waals surface area contributed by atoms with Gasteiger partial charge in [-0.3, -0.25) is 10.1 Å². The molecule has 0 spiro atoms. The molecule has 5 nitrogen and oxygen atoms in total. The fourth-order valence-electron chi connectivity index (χ4n) is 3.79. The molecule has 35 heavy (non-hydrogen) atoms. The quantitative estimate of drug-likeness (QED) is 0.230. The molecule has 8 heteroatoms. The maximum Gasteiger partial charge on any atom is 0.269 e. The number of hydrogen-bond acceptors (Lipinski definition) is 5.